The molecular formula is C17H28N2O. The van der Waals surface area contributed by atoms with Crippen LogP contribution in [0.1, 0.15) is 36.9 Å². The van der Waals surface area contributed by atoms with Crippen LogP contribution in [-0.2, 0) is 4.74 Å². The van der Waals surface area contributed by atoms with Crippen LogP contribution in [0.5, 0.6) is 0 Å². The zero-order chi connectivity index (χ0) is 14.2. The van der Waals surface area contributed by atoms with Gasteiger partial charge in [-0.05, 0) is 31.9 Å². The lowest BCUT2D eigenvalue weighted by atomic mass is 10.0. The van der Waals surface area contributed by atoms with E-state index < -0.39 is 0 Å². The van der Waals surface area contributed by atoms with Crippen molar-refractivity contribution in [1.29, 1.82) is 0 Å². The first-order valence-corrected chi connectivity index (χ1v) is 7.89. The van der Waals surface area contributed by atoms with Crippen molar-refractivity contribution >= 4 is 0 Å². The maximum Gasteiger partial charge on any atom is 0.0593 e. The average Bonchev–Trinajstić information content (AvgIpc) is 2.73. The molecule has 0 radical (unpaired) electrons. The second-order valence-electron chi connectivity index (χ2n) is 5.62. The molecule has 1 unspecified atom stereocenters. The Bertz CT molecular complexity index is 369. The summed E-state index contributed by atoms with van der Waals surface area (Å²) < 4.78 is 5.52. The van der Waals surface area contributed by atoms with Crippen molar-refractivity contribution in [3.8, 4) is 0 Å². The van der Waals surface area contributed by atoms with Gasteiger partial charge in [0.1, 0.15) is 0 Å². The van der Waals surface area contributed by atoms with Crippen LogP contribution in [0.15, 0.2) is 24.3 Å². The van der Waals surface area contributed by atoms with E-state index in [1.165, 1.54) is 17.7 Å². The Morgan fingerprint density at radius 3 is 2.75 bits per heavy atom. The zero-order valence-corrected chi connectivity index (χ0v) is 12.9. The second-order valence-corrected chi connectivity index (χ2v) is 5.62. The molecule has 0 aliphatic carbocycles. The molecule has 3 nitrogen and oxygen atoms in total. The largest absolute Gasteiger partial charge is 0.380 e. The van der Waals surface area contributed by atoms with Gasteiger partial charge in [-0.1, -0.05) is 36.8 Å². The van der Waals surface area contributed by atoms with E-state index in [1.807, 2.05) is 0 Å². The van der Waals surface area contributed by atoms with E-state index in [9.17, 15) is 0 Å². The molecule has 3 heteroatoms. The Morgan fingerprint density at radius 1 is 1.20 bits per heavy atom. The molecule has 0 saturated carbocycles. The van der Waals surface area contributed by atoms with E-state index in [0.29, 0.717) is 6.04 Å². The normalized spacial score (nSPS) is 18.7. The van der Waals surface area contributed by atoms with E-state index in [0.717, 1.165) is 45.7 Å². The molecule has 1 heterocycles. The second kappa shape index (κ2) is 8.40. The van der Waals surface area contributed by atoms with Crippen molar-refractivity contribution in [2.45, 2.75) is 32.7 Å². The summed E-state index contributed by atoms with van der Waals surface area (Å²) in [5, 5.41) is 3.62. The Labute approximate surface area is 123 Å². The van der Waals surface area contributed by atoms with Crippen LogP contribution >= 0.6 is 0 Å². The minimum absolute atomic E-state index is 0.463. The number of rotatable bonds is 6. The quantitative estimate of drug-likeness (QED) is 0.864. The van der Waals surface area contributed by atoms with Crippen LogP contribution in [0, 0.1) is 6.92 Å². The molecule has 0 amide bonds. The van der Waals surface area contributed by atoms with Gasteiger partial charge in [0.15, 0.2) is 0 Å². The summed E-state index contributed by atoms with van der Waals surface area (Å²) in [4.78, 5) is 2.53. The molecule has 0 bridgehead atoms. The van der Waals surface area contributed by atoms with E-state index in [-0.39, 0.29) is 0 Å². The van der Waals surface area contributed by atoms with Gasteiger partial charge in [-0.3, -0.25) is 0 Å². The Balaban J connectivity index is 1.89. The first-order valence-electron chi connectivity index (χ1n) is 7.89. The highest BCUT2D eigenvalue weighted by Gasteiger charge is 2.14. The molecule has 20 heavy (non-hydrogen) atoms. The number of ether oxygens (including phenoxy) is 1. The lowest BCUT2D eigenvalue weighted by Crippen LogP contribution is -2.31. The molecule has 1 N–H and O–H groups in total. The molecule has 0 aromatic heterocycles. The first kappa shape index (κ1) is 15.5. The Kier molecular flexibility index (Phi) is 6.51. The summed E-state index contributed by atoms with van der Waals surface area (Å²) in [7, 11) is 0. The van der Waals surface area contributed by atoms with Crippen molar-refractivity contribution < 1.29 is 4.74 Å². The number of hydrogen-bond acceptors (Lipinski definition) is 3. The molecule has 0 spiro atoms. The first-order chi connectivity index (χ1) is 9.79. The number of benzene rings is 1. The van der Waals surface area contributed by atoms with Gasteiger partial charge >= 0.3 is 0 Å². The summed E-state index contributed by atoms with van der Waals surface area (Å²) in [5.74, 6) is 0. The highest BCUT2D eigenvalue weighted by molar-refractivity contribution is 5.24. The molecule has 112 valence electrons. The summed E-state index contributed by atoms with van der Waals surface area (Å²) in [6.07, 6.45) is 2.33. The van der Waals surface area contributed by atoms with Crippen LogP contribution in [0.4, 0.5) is 0 Å². The van der Waals surface area contributed by atoms with Gasteiger partial charge in [0.05, 0.1) is 6.61 Å². The number of nitrogens with zero attached hydrogens (tertiary/aromatic N) is 1. The molecule has 1 aromatic rings. The minimum Gasteiger partial charge on any atom is -0.380 e. The fourth-order valence-electron chi connectivity index (χ4n) is 2.76. The molecule has 1 atom stereocenters. The minimum atomic E-state index is 0.463. The molecule has 1 aliphatic heterocycles. The Hall–Kier alpha value is -0.900. The van der Waals surface area contributed by atoms with Crippen molar-refractivity contribution in [3.63, 3.8) is 0 Å². The van der Waals surface area contributed by atoms with Crippen LogP contribution < -0.4 is 5.32 Å². The standard InChI is InChI=1S/C17H28N2O/c1-3-18-17(16-7-5-15(2)6-8-16)9-11-19-10-4-13-20-14-12-19/h5-8,17-18H,3-4,9-14H2,1-2H3. The maximum atomic E-state index is 5.52. The Morgan fingerprint density at radius 2 is 2.00 bits per heavy atom. The lowest BCUT2D eigenvalue weighted by molar-refractivity contribution is 0.140. The SMILES string of the molecule is CCNC(CCN1CCCOCC1)c1ccc(C)cc1. The van der Waals surface area contributed by atoms with Gasteiger partial charge < -0.3 is 15.0 Å². The predicted octanol–water partition coefficient (Wildman–Crippen LogP) is 2.76. The molecule has 2 rings (SSSR count). The van der Waals surface area contributed by atoms with Gasteiger partial charge in [-0.2, -0.15) is 0 Å². The van der Waals surface area contributed by atoms with Crippen LogP contribution in [0.3, 0.4) is 0 Å². The monoisotopic (exact) mass is 276 g/mol. The third kappa shape index (κ3) is 4.89. The van der Waals surface area contributed by atoms with Crippen LogP contribution in [0.2, 0.25) is 0 Å². The molecule has 1 aliphatic rings. The highest BCUT2D eigenvalue weighted by Crippen LogP contribution is 2.18. The molecule has 1 fully saturated rings. The smallest absolute Gasteiger partial charge is 0.0593 e. The van der Waals surface area contributed by atoms with Crippen molar-refractivity contribution in [1.82, 2.24) is 10.2 Å². The maximum absolute atomic E-state index is 5.52. The zero-order valence-electron chi connectivity index (χ0n) is 12.9. The van der Waals surface area contributed by atoms with Gasteiger partial charge in [-0.15, -0.1) is 0 Å². The van der Waals surface area contributed by atoms with Crippen molar-refractivity contribution in [3.05, 3.63) is 35.4 Å². The van der Waals surface area contributed by atoms with Gasteiger partial charge in [-0.25, -0.2) is 0 Å². The van der Waals surface area contributed by atoms with Crippen LogP contribution in [0.25, 0.3) is 0 Å². The lowest BCUT2D eigenvalue weighted by Gasteiger charge is -2.24. The van der Waals surface area contributed by atoms with E-state index in [2.05, 4.69) is 48.3 Å². The summed E-state index contributed by atoms with van der Waals surface area (Å²) >= 11 is 0. The number of nitrogens with one attached hydrogen (secondary N) is 1. The highest BCUT2D eigenvalue weighted by atomic mass is 16.5. The van der Waals surface area contributed by atoms with E-state index in [1.54, 1.807) is 0 Å². The third-order valence-corrected chi connectivity index (χ3v) is 3.98. The van der Waals surface area contributed by atoms with Gasteiger partial charge in [0, 0.05) is 32.3 Å². The van der Waals surface area contributed by atoms with Crippen molar-refractivity contribution in [2.75, 3.05) is 39.4 Å². The summed E-state index contributed by atoms with van der Waals surface area (Å²) in [6.45, 7) is 10.5. The van der Waals surface area contributed by atoms with Gasteiger partial charge in [0.2, 0.25) is 0 Å². The number of hydrogen-bond donors (Lipinski definition) is 1. The average molecular weight is 276 g/mol. The predicted molar refractivity (Wildman–Crippen MR) is 84.1 cm³/mol. The topological polar surface area (TPSA) is 24.5 Å². The third-order valence-electron chi connectivity index (χ3n) is 3.98. The van der Waals surface area contributed by atoms with E-state index >= 15 is 0 Å². The van der Waals surface area contributed by atoms with Crippen molar-refractivity contribution in [2.24, 2.45) is 0 Å². The number of aryl methyl sites for hydroxylation is 1. The fraction of sp³-hybridized carbons (Fsp3) is 0.647. The van der Waals surface area contributed by atoms with E-state index in [4.69, 9.17) is 4.74 Å². The molecule has 1 saturated heterocycles. The summed E-state index contributed by atoms with van der Waals surface area (Å²) in [6, 6.07) is 9.39. The summed E-state index contributed by atoms with van der Waals surface area (Å²) in [5.41, 5.74) is 2.73. The van der Waals surface area contributed by atoms with Gasteiger partial charge in [0.25, 0.3) is 0 Å². The molecule has 1 aromatic carbocycles. The fourth-order valence-corrected chi connectivity index (χ4v) is 2.76. The molecular weight excluding hydrogens is 248 g/mol. The van der Waals surface area contributed by atoms with Crippen LogP contribution in [-0.4, -0.2) is 44.3 Å².